The molecule has 0 radical (unpaired) electrons. The highest BCUT2D eigenvalue weighted by Gasteiger charge is 2.22. The zero-order valence-electron chi connectivity index (χ0n) is 19.8. The molecule has 6 heteroatoms. The van der Waals surface area contributed by atoms with Crippen molar-refractivity contribution in [3.8, 4) is 34.2 Å². The summed E-state index contributed by atoms with van der Waals surface area (Å²) < 4.78 is 5.29. The zero-order chi connectivity index (χ0) is 24.8. The molecule has 0 fully saturated rings. The second-order valence-electron chi connectivity index (χ2n) is 8.01. The van der Waals surface area contributed by atoms with Crippen LogP contribution >= 0.6 is 11.8 Å². The van der Waals surface area contributed by atoms with E-state index in [2.05, 4.69) is 11.4 Å². The van der Waals surface area contributed by atoms with Gasteiger partial charge in [0.1, 0.15) is 16.8 Å². The Bertz CT molecular complexity index is 1380. The number of anilines is 1. The summed E-state index contributed by atoms with van der Waals surface area (Å²) in [5.41, 5.74) is 5.52. The number of nitrogens with one attached hydrogen (secondary N) is 1. The molecule has 0 saturated heterocycles. The second-order valence-corrected chi connectivity index (χ2v) is 9.34. The Morgan fingerprint density at radius 1 is 1.00 bits per heavy atom. The highest BCUT2D eigenvalue weighted by atomic mass is 32.2. The minimum absolute atomic E-state index is 0.147. The topological polar surface area (TPSA) is 75.0 Å². The molecule has 0 spiro atoms. The highest BCUT2D eigenvalue weighted by molar-refractivity contribution is 8.00. The summed E-state index contributed by atoms with van der Waals surface area (Å²) in [6, 6.07) is 29.3. The number of thioether (sulfide) groups is 1. The first-order chi connectivity index (χ1) is 17.0. The molecule has 0 saturated carbocycles. The first kappa shape index (κ1) is 24.1. The van der Waals surface area contributed by atoms with Gasteiger partial charge in [-0.05, 0) is 49.2 Å². The van der Waals surface area contributed by atoms with Crippen LogP contribution < -0.4 is 10.1 Å². The minimum Gasteiger partial charge on any atom is -0.497 e. The van der Waals surface area contributed by atoms with Crippen molar-refractivity contribution in [3.63, 3.8) is 0 Å². The van der Waals surface area contributed by atoms with Crippen molar-refractivity contribution in [1.29, 1.82) is 5.26 Å². The van der Waals surface area contributed by atoms with Crippen LogP contribution in [0.4, 0.5) is 5.69 Å². The molecule has 1 amide bonds. The predicted molar refractivity (Wildman–Crippen MR) is 142 cm³/mol. The number of ether oxygens (including phenoxy) is 1. The summed E-state index contributed by atoms with van der Waals surface area (Å²) in [6.07, 6.45) is 0. The quantitative estimate of drug-likeness (QED) is 0.298. The van der Waals surface area contributed by atoms with E-state index >= 15 is 0 Å². The van der Waals surface area contributed by atoms with E-state index in [9.17, 15) is 10.1 Å². The Morgan fingerprint density at radius 2 is 1.69 bits per heavy atom. The summed E-state index contributed by atoms with van der Waals surface area (Å²) >= 11 is 1.28. The number of aryl methyl sites for hydroxylation is 1. The van der Waals surface area contributed by atoms with Crippen LogP contribution in [0.5, 0.6) is 5.75 Å². The number of aromatic nitrogens is 1. The number of benzene rings is 3. The third-order valence-corrected chi connectivity index (χ3v) is 6.72. The predicted octanol–water partition coefficient (Wildman–Crippen LogP) is 6.72. The van der Waals surface area contributed by atoms with Gasteiger partial charge in [0.25, 0.3) is 0 Å². The molecule has 4 rings (SSSR count). The lowest BCUT2D eigenvalue weighted by molar-refractivity contribution is -0.115. The van der Waals surface area contributed by atoms with Gasteiger partial charge in [-0.1, -0.05) is 72.4 Å². The lowest BCUT2D eigenvalue weighted by Crippen LogP contribution is -2.23. The maximum atomic E-state index is 13.0. The van der Waals surface area contributed by atoms with E-state index in [1.54, 1.807) is 7.11 Å². The number of hydrogen-bond acceptors (Lipinski definition) is 5. The number of amides is 1. The number of hydrogen-bond donors (Lipinski definition) is 1. The van der Waals surface area contributed by atoms with E-state index in [0.29, 0.717) is 10.6 Å². The molecular formula is C29H25N3O2S. The molecule has 0 aliphatic carbocycles. The Labute approximate surface area is 209 Å². The van der Waals surface area contributed by atoms with Crippen LogP contribution in [0.25, 0.3) is 22.4 Å². The molecule has 0 aliphatic heterocycles. The van der Waals surface area contributed by atoms with Crippen LogP contribution in [0.3, 0.4) is 0 Å². The molecule has 1 unspecified atom stereocenters. The molecule has 3 aromatic carbocycles. The summed E-state index contributed by atoms with van der Waals surface area (Å²) in [5, 5.41) is 13.2. The van der Waals surface area contributed by atoms with Crippen LogP contribution in [0.1, 0.15) is 18.1 Å². The van der Waals surface area contributed by atoms with Crippen LogP contribution in [0.2, 0.25) is 0 Å². The fraction of sp³-hybridized carbons (Fsp3) is 0.138. The summed E-state index contributed by atoms with van der Waals surface area (Å²) in [6.45, 7) is 3.77. The van der Waals surface area contributed by atoms with Crippen molar-refractivity contribution in [2.45, 2.75) is 24.1 Å². The van der Waals surface area contributed by atoms with Crippen molar-refractivity contribution < 1.29 is 9.53 Å². The fourth-order valence-electron chi connectivity index (χ4n) is 3.64. The van der Waals surface area contributed by atoms with Gasteiger partial charge in [-0.3, -0.25) is 4.79 Å². The Balaban J connectivity index is 1.74. The summed E-state index contributed by atoms with van der Waals surface area (Å²) in [7, 11) is 1.62. The maximum Gasteiger partial charge on any atom is 0.237 e. The Kier molecular flexibility index (Phi) is 7.49. The zero-order valence-corrected chi connectivity index (χ0v) is 20.6. The van der Waals surface area contributed by atoms with Gasteiger partial charge in [0, 0.05) is 16.8 Å². The Morgan fingerprint density at radius 3 is 2.34 bits per heavy atom. The number of para-hydroxylation sites is 1. The third kappa shape index (κ3) is 5.53. The number of carbonyl (C=O) groups is 1. The SMILES string of the molecule is COc1ccc(-c2cc(-c3ccccc3)nc(SC(C)C(=O)Nc3ccccc3C)c2C#N)cc1. The number of carbonyl (C=O) groups excluding carboxylic acids is 1. The lowest BCUT2D eigenvalue weighted by atomic mass is 9.99. The molecule has 35 heavy (non-hydrogen) atoms. The van der Waals surface area contributed by atoms with Crippen molar-refractivity contribution in [1.82, 2.24) is 4.98 Å². The molecular weight excluding hydrogens is 454 g/mol. The normalized spacial score (nSPS) is 11.4. The number of rotatable bonds is 7. The number of methoxy groups -OCH3 is 1. The van der Waals surface area contributed by atoms with Gasteiger partial charge < -0.3 is 10.1 Å². The molecule has 0 aliphatic rings. The van der Waals surface area contributed by atoms with E-state index in [1.807, 2.05) is 98.8 Å². The number of pyridine rings is 1. The van der Waals surface area contributed by atoms with E-state index in [-0.39, 0.29) is 5.91 Å². The average Bonchev–Trinajstić information content (AvgIpc) is 2.90. The lowest BCUT2D eigenvalue weighted by Gasteiger charge is -2.16. The van der Waals surface area contributed by atoms with Crippen LogP contribution in [-0.4, -0.2) is 23.3 Å². The Hall–Kier alpha value is -4.08. The monoisotopic (exact) mass is 479 g/mol. The van der Waals surface area contributed by atoms with E-state index in [0.717, 1.165) is 39.4 Å². The van der Waals surface area contributed by atoms with Crippen LogP contribution in [0.15, 0.2) is 90.0 Å². The van der Waals surface area contributed by atoms with Crippen LogP contribution in [-0.2, 0) is 4.79 Å². The van der Waals surface area contributed by atoms with Crippen molar-refractivity contribution in [2.75, 3.05) is 12.4 Å². The van der Waals surface area contributed by atoms with Gasteiger partial charge in [0.15, 0.2) is 0 Å². The standard InChI is InChI=1S/C29H25N3O2S/c1-19-9-7-8-12-26(19)31-28(33)20(2)35-29-25(18-30)24(21-13-15-23(34-3)16-14-21)17-27(32-29)22-10-5-4-6-11-22/h4-17,20H,1-3H3,(H,31,33). The smallest absolute Gasteiger partial charge is 0.237 e. The van der Waals surface area contributed by atoms with E-state index in [1.165, 1.54) is 11.8 Å². The first-order valence-electron chi connectivity index (χ1n) is 11.2. The molecule has 174 valence electrons. The number of nitrogens with zero attached hydrogens (tertiary/aromatic N) is 2. The molecule has 1 N–H and O–H groups in total. The van der Waals surface area contributed by atoms with Crippen molar-refractivity contribution in [2.24, 2.45) is 0 Å². The third-order valence-electron chi connectivity index (χ3n) is 5.63. The van der Waals surface area contributed by atoms with Gasteiger partial charge in [-0.2, -0.15) is 5.26 Å². The first-order valence-corrected chi connectivity index (χ1v) is 12.1. The summed E-state index contributed by atoms with van der Waals surface area (Å²) in [4.78, 5) is 17.8. The van der Waals surface area contributed by atoms with Crippen LogP contribution in [0, 0.1) is 18.3 Å². The molecule has 1 atom stereocenters. The van der Waals surface area contributed by atoms with E-state index < -0.39 is 5.25 Å². The van der Waals surface area contributed by atoms with Gasteiger partial charge in [0.2, 0.25) is 5.91 Å². The van der Waals surface area contributed by atoms with Crippen molar-refractivity contribution >= 4 is 23.4 Å². The van der Waals surface area contributed by atoms with Gasteiger partial charge >= 0.3 is 0 Å². The summed E-state index contributed by atoms with van der Waals surface area (Å²) in [5.74, 6) is 0.590. The maximum absolute atomic E-state index is 13.0. The highest BCUT2D eigenvalue weighted by Crippen LogP contribution is 2.36. The van der Waals surface area contributed by atoms with Gasteiger partial charge in [-0.25, -0.2) is 4.98 Å². The van der Waals surface area contributed by atoms with Gasteiger partial charge in [-0.15, -0.1) is 0 Å². The average molecular weight is 480 g/mol. The fourth-order valence-corrected chi connectivity index (χ4v) is 4.56. The molecule has 1 aromatic heterocycles. The van der Waals surface area contributed by atoms with Gasteiger partial charge in [0.05, 0.1) is 23.6 Å². The molecule has 0 bridgehead atoms. The molecule has 5 nitrogen and oxygen atoms in total. The molecule has 4 aromatic rings. The van der Waals surface area contributed by atoms with Crippen molar-refractivity contribution in [3.05, 3.63) is 96.1 Å². The second kappa shape index (κ2) is 10.9. The minimum atomic E-state index is -0.469. The molecule has 1 heterocycles. The largest absolute Gasteiger partial charge is 0.497 e. The number of nitriles is 1. The van der Waals surface area contributed by atoms with E-state index in [4.69, 9.17) is 9.72 Å².